The average Bonchev–Trinajstić information content (AvgIpc) is 2.66. The Kier molecular flexibility index (Phi) is 6.62. The van der Waals surface area contributed by atoms with Crippen molar-refractivity contribution in [3.05, 3.63) is 58.6 Å². The highest BCUT2D eigenvalue weighted by atomic mass is 35.5. The first kappa shape index (κ1) is 20.1. The van der Waals surface area contributed by atoms with Crippen LogP contribution < -0.4 is 16.0 Å². The van der Waals surface area contributed by atoms with Crippen LogP contribution in [0.1, 0.15) is 22.0 Å². The number of hydrogen-bond acceptors (Lipinski definition) is 5. The number of rotatable bonds is 5. The summed E-state index contributed by atoms with van der Waals surface area (Å²) in [6, 6.07) is 8.61. The smallest absolute Gasteiger partial charge is 0.333 e. The van der Waals surface area contributed by atoms with Crippen molar-refractivity contribution in [2.75, 3.05) is 19.5 Å². The number of phenols is 1. The van der Waals surface area contributed by atoms with Gasteiger partial charge in [-0.1, -0.05) is 23.7 Å². The number of methoxy groups -OCH3 is 1. The zero-order valence-electron chi connectivity index (χ0n) is 14.6. The molecule has 0 radical (unpaired) electrons. The van der Waals surface area contributed by atoms with E-state index in [2.05, 4.69) is 16.0 Å². The summed E-state index contributed by atoms with van der Waals surface area (Å²) in [5, 5.41) is 17.0. The number of hydrogen-bond donors (Lipinski definition) is 4. The molecule has 2 rings (SSSR count). The fourth-order valence-corrected chi connectivity index (χ4v) is 2.51. The van der Waals surface area contributed by atoms with Gasteiger partial charge in [0.2, 0.25) is 0 Å². The number of carbonyl (C=O) groups excluding carboxylic acids is 3. The molecule has 1 atom stereocenters. The van der Waals surface area contributed by atoms with Crippen molar-refractivity contribution >= 4 is 35.2 Å². The number of esters is 1. The molecule has 0 heterocycles. The van der Waals surface area contributed by atoms with Crippen molar-refractivity contribution in [2.24, 2.45) is 0 Å². The summed E-state index contributed by atoms with van der Waals surface area (Å²) in [5.74, 6) is -1.26. The summed E-state index contributed by atoms with van der Waals surface area (Å²) in [5.41, 5.74) is 0.952. The number of nitrogens with one attached hydrogen (secondary N) is 3. The molecule has 0 fully saturated rings. The van der Waals surface area contributed by atoms with E-state index in [4.69, 9.17) is 16.3 Å². The average molecular weight is 392 g/mol. The predicted octanol–water partition coefficient (Wildman–Crippen LogP) is 2.44. The standard InChI is InChI=1S/C18H18ClN3O5/c1-20-18(26)21-11-5-8-13(14(19)9-11)16(24)22-15(17(25)27-2)10-3-6-12(23)7-4-10/h3-9,15,23H,1-2H3,(H,22,24)(H2,20,21,26)/t15-/m1/s1. The molecule has 2 aromatic rings. The third-order valence-corrected chi connectivity index (χ3v) is 3.95. The van der Waals surface area contributed by atoms with E-state index in [-0.39, 0.29) is 16.3 Å². The molecule has 2 aromatic carbocycles. The van der Waals surface area contributed by atoms with Crippen molar-refractivity contribution < 1.29 is 24.2 Å². The number of benzene rings is 2. The first-order chi connectivity index (χ1) is 12.8. The number of ether oxygens (including phenoxy) is 1. The van der Waals surface area contributed by atoms with E-state index in [0.717, 1.165) is 0 Å². The maximum absolute atomic E-state index is 12.6. The van der Waals surface area contributed by atoms with Gasteiger partial charge >= 0.3 is 12.0 Å². The number of anilines is 1. The Balaban J connectivity index is 2.23. The lowest BCUT2D eigenvalue weighted by molar-refractivity contribution is -0.143. The molecule has 0 aliphatic rings. The molecule has 8 nitrogen and oxygen atoms in total. The second-order valence-electron chi connectivity index (χ2n) is 5.42. The van der Waals surface area contributed by atoms with E-state index in [9.17, 15) is 19.5 Å². The minimum Gasteiger partial charge on any atom is -0.508 e. The van der Waals surface area contributed by atoms with Crippen LogP contribution in [-0.2, 0) is 9.53 Å². The van der Waals surface area contributed by atoms with Crippen molar-refractivity contribution in [1.82, 2.24) is 10.6 Å². The highest BCUT2D eigenvalue weighted by Crippen LogP contribution is 2.23. The van der Waals surface area contributed by atoms with Gasteiger partial charge in [-0.05, 0) is 35.9 Å². The van der Waals surface area contributed by atoms with Crippen LogP contribution in [0.4, 0.5) is 10.5 Å². The van der Waals surface area contributed by atoms with E-state index in [1.54, 1.807) is 0 Å². The fourth-order valence-electron chi connectivity index (χ4n) is 2.24. The Hall–Kier alpha value is -3.26. The van der Waals surface area contributed by atoms with Gasteiger partial charge in [-0.15, -0.1) is 0 Å². The zero-order valence-corrected chi connectivity index (χ0v) is 15.3. The highest BCUT2D eigenvalue weighted by Gasteiger charge is 2.25. The van der Waals surface area contributed by atoms with E-state index >= 15 is 0 Å². The van der Waals surface area contributed by atoms with Crippen LogP contribution in [-0.4, -0.2) is 37.2 Å². The van der Waals surface area contributed by atoms with Crippen LogP contribution >= 0.6 is 11.6 Å². The van der Waals surface area contributed by atoms with Gasteiger partial charge in [-0.25, -0.2) is 9.59 Å². The Morgan fingerprint density at radius 1 is 1.11 bits per heavy atom. The number of amides is 3. The lowest BCUT2D eigenvalue weighted by atomic mass is 10.1. The van der Waals surface area contributed by atoms with E-state index in [1.165, 1.54) is 56.6 Å². The molecule has 0 aromatic heterocycles. The number of halogens is 1. The summed E-state index contributed by atoms with van der Waals surface area (Å²) in [4.78, 5) is 36.0. The van der Waals surface area contributed by atoms with Crippen LogP contribution in [0.2, 0.25) is 5.02 Å². The molecule has 0 spiro atoms. The first-order valence-electron chi connectivity index (χ1n) is 7.81. The Morgan fingerprint density at radius 3 is 2.33 bits per heavy atom. The summed E-state index contributed by atoms with van der Waals surface area (Å²) in [6.07, 6.45) is 0. The lowest BCUT2D eigenvalue weighted by Gasteiger charge is -2.17. The van der Waals surface area contributed by atoms with E-state index in [0.29, 0.717) is 11.3 Å². The molecular weight excluding hydrogens is 374 g/mol. The van der Waals surface area contributed by atoms with Crippen molar-refractivity contribution in [3.8, 4) is 5.75 Å². The second-order valence-corrected chi connectivity index (χ2v) is 5.83. The maximum Gasteiger partial charge on any atom is 0.333 e. The Labute approximate surface area is 160 Å². The van der Waals surface area contributed by atoms with Gasteiger partial charge in [-0.2, -0.15) is 0 Å². The molecule has 0 bridgehead atoms. The van der Waals surface area contributed by atoms with E-state index < -0.39 is 23.9 Å². The molecule has 0 aliphatic heterocycles. The molecule has 9 heteroatoms. The van der Waals surface area contributed by atoms with Crippen LogP contribution in [0.25, 0.3) is 0 Å². The highest BCUT2D eigenvalue weighted by molar-refractivity contribution is 6.34. The van der Waals surface area contributed by atoms with Crippen LogP contribution in [0.5, 0.6) is 5.75 Å². The number of carbonyl (C=O) groups is 3. The minimum absolute atomic E-state index is 0.0240. The van der Waals surface area contributed by atoms with Gasteiger partial charge in [0.15, 0.2) is 6.04 Å². The minimum atomic E-state index is -1.08. The quantitative estimate of drug-likeness (QED) is 0.584. The van der Waals surface area contributed by atoms with Gasteiger partial charge in [0, 0.05) is 12.7 Å². The van der Waals surface area contributed by atoms with Crippen molar-refractivity contribution in [1.29, 1.82) is 0 Å². The molecular formula is C18H18ClN3O5. The zero-order chi connectivity index (χ0) is 20.0. The molecule has 27 heavy (non-hydrogen) atoms. The molecule has 3 amide bonds. The van der Waals surface area contributed by atoms with Crippen LogP contribution in [0.15, 0.2) is 42.5 Å². The molecule has 0 saturated heterocycles. The summed E-state index contributed by atoms with van der Waals surface area (Å²) in [7, 11) is 2.67. The molecule has 4 N–H and O–H groups in total. The van der Waals surface area contributed by atoms with Gasteiger partial charge < -0.3 is 25.8 Å². The Morgan fingerprint density at radius 2 is 1.78 bits per heavy atom. The van der Waals surface area contributed by atoms with Crippen molar-refractivity contribution in [3.63, 3.8) is 0 Å². The molecule has 0 unspecified atom stereocenters. The summed E-state index contributed by atoms with van der Waals surface area (Å²) < 4.78 is 4.74. The molecule has 142 valence electrons. The van der Waals surface area contributed by atoms with Gasteiger partial charge in [-0.3, -0.25) is 4.79 Å². The largest absolute Gasteiger partial charge is 0.508 e. The topological polar surface area (TPSA) is 117 Å². The summed E-state index contributed by atoms with van der Waals surface area (Å²) >= 11 is 6.13. The number of urea groups is 1. The second kappa shape index (κ2) is 8.91. The van der Waals surface area contributed by atoms with Crippen molar-refractivity contribution in [2.45, 2.75) is 6.04 Å². The Bertz CT molecular complexity index is 855. The summed E-state index contributed by atoms with van der Waals surface area (Å²) in [6.45, 7) is 0. The number of aromatic hydroxyl groups is 1. The third kappa shape index (κ3) is 5.11. The lowest BCUT2D eigenvalue weighted by Crippen LogP contribution is -2.34. The maximum atomic E-state index is 12.6. The molecule has 0 saturated carbocycles. The SMILES string of the molecule is CNC(=O)Nc1ccc(C(=O)N[C@@H](C(=O)OC)c2ccc(O)cc2)c(Cl)c1. The monoisotopic (exact) mass is 391 g/mol. The fraction of sp³-hybridized carbons (Fsp3) is 0.167. The predicted molar refractivity (Wildman–Crippen MR) is 99.9 cm³/mol. The van der Waals surface area contributed by atoms with Gasteiger partial charge in [0.1, 0.15) is 5.75 Å². The third-order valence-electron chi connectivity index (χ3n) is 3.64. The van der Waals surface area contributed by atoms with Gasteiger partial charge in [0.25, 0.3) is 5.91 Å². The van der Waals surface area contributed by atoms with Gasteiger partial charge in [0.05, 0.1) is 17.7 Å². The number of phenolic OH excluding ortho intramolecular Hbond substituents is 1. The van der Waals surface area contributed by atoms with E-state index in [1.807, 2.05) is 0 Å². The van der Waals surface area contributed by atoms with Crippen LogP contribution in [0, 0.1) is 0 Å². The molecule has 0 aliphatic carbocycles. The first-order valence-corrected chi connectivity index (χ1v) is 8.19. The van der Waals surface area contributed by atoms with Crippen LogP contribution in [0.3, 0.4) is 0 Å². The normalized spacial score (nSPS) is 11.2.